The summed E-state index contributed by atoms with van der Waals surface area (Å²) in [7, 11) is 0. The molecular weight excluding hydrogens is 412 g/mol. The van der Waals surface area contributed by atoms with Gasteiger partial charge in [-0.1, -0.05) is 35.9 Å². The maximum absolute atomic E-state index is 12.3. The molecule has 6 nitrogen and oxygen atoms in total. The highest BCUT2D eigenvalue weighted by Crippen LogP contribution is 2.27. The van der Waals surface area contributed by atoms with Crippen molar-refractivity contribution in [1.82, 2.24) is 14.9 Å². The fraction of sp³-hybridized carbons (Fsp3) is 0.417. The van der Waals surface area contributed by atoms with Crippen LogP contribution in [0.15, 0.2) is 48.5 Å². The number of carbonyl (C=O) groups excluding carboxylic acids is 1. The lowest BCUT2D eigenvalue weighted by atomic mass is 10.1. The van der Waals surface area contributed by atoms with E-state index in [9.17, 15) is 4.79 Å². The lowest BCUT2D eigenvalue weighted by molar-refractivity contribution is 0.0500. The average molecular weight is 441 g/mol. The number of hydrogen-bond donors (Lipinski definition) is 1. The van der Waals surface area contributed by atoms with E-state index in [1.165, 1.54) is 0 Å². The number of nitrogens with zero attached hydrogens (tertiary/aromatic N) is 3. The molecule has 164 valence electrons. The summed E-state index contributed by atoms with van der Waals surface area (Å²) < 4.78 is 7.69. The van der Waals surface area contributed by atoms with E-state index in [4.69, 9.17) is 21.3 Å². The van der Waals surface area contributed by atoms with Crippen LogP contribution in [-0.2, 0) is 11.3 Å². The number of benzene rings is 2. The van der Waals surface area contributed by atoms with Crippen LogP contribution in [0, 0.1) is 0 Å². The first-order valence-corrected chi connectivity index (χ1v) is 11.1. The van der Waals surface area contributed by atoms with Crippen molar-refractivity contribution in [2.75, 3.05) is 18.0 Å². The van der Waals surface area contributed by atoms with Gasteiger partial charge in [0.15, 0.2) is 0 Å². The number of anilines is 1. The fourth-order valence-corrected chi connectivity index (χ4v) is 4.11. The number of hydrogen-bond acceptors (Lipinski definition) is 4. The minimum absolute atomic E-state index is 0.0207. The Morgan fingerprint density at radius 3 is 2.68 bits per heavy atom. The molecular formula is C24H29ClN4O2. The number of ether oxygens (including phenoxy) is 1. The number of nitrogens with one attached hydrogen (secondary N) is 1. The lowest BCUT2D eigenvalue weighted by Gasteiger charge is -2.34. The van der Waals surface area contributed by atoms with Gasteiger partial charge in [0.2, 0.25) is 5.95 Å². The monoisotopic (exact) mass is 440 g/mol. The predicted octanol–water partition coefficient (Wildman–Crippen LogP) is 5.23. The van der Waals surface area contributed by atoms with Gasteiger partial charge in [-0.2, -0.15) is 0 Å². The molecule has 0 aliphatic carbocycles. The summed E-state index contributed by atoms with van der Waals surface area (Å²) in [6, 6.07) is 16.1. The van der Waals surface area contributed by atoms with Crippen LogP contribution in [0.2, 0.25) is 5.02 Å². The predicted molar refractivity (Wildman–Crippen MR) is 125 cm³/mol. The molecule has 1 saturated heterocycles. The van der Waals surface area contributed by atoms with Crippen molar-refractivity contribution in [3.05, 3.63) is 59.1 Å². The number of imidazole rings is 1. The Morgan fingerprint density at radius 1 is 1.19 bits per heavy atom. The number of fused-ring (bicyclic) bond motifs is 1. The number of alkyl carbamates (subject to hydrolysis) is 1. The Labute approximate surface area is 188 Å². The molecule has 4 rings (SSSR count). The van der Waals surface area contributed by atoms with Gasteiger partial charge in [0.25, 0.3) is 0 Å². The molecule has 1 amide bonds. The van der Waals surface area contributed by atoms with Crippen molar-refractivity contribution in [3.8, 4) is 0 Å². The number of amides is 1. The lowest BCUT2D eigenvalue weighted by Crippen LogP contribution is -2.49. The van der Waals surface area contributed by atoms with Gasteiger partial charge in [0.05, 0.1) is 17.6 Å². The van der Waals surface area contributed by atoms with E-state index in [0.717, 1.165) is 47.0 Å². The van der Waals surface area contributed by atoms with E-state index < -0.39 is 5.60 Å². The molecule has 7 heteroatoms. The highest BCUT2D eigenvalue weighted by Gasteiger charge is 2.27. The molecule has 2 heterocycles. The van der Waals surface area contributed by atoms with Crippen LogP contribution in [0.1, 0.15) is 39.2 Å². The number of aromatic nitrogens is 2. The standard InChI is InChI=1S/C24H29ClN4O2/c1-24(2,3)31-23(30)26-19-7-6-14-28(16-19)22-27-20-8-4-5-9-21(20)29(22)15-17-10-12-18(25)13-11-17/h4-5,8-13,19H,6-7,14-16H2,1-3H3,(H,26,30)/t19-/m0/s1. The minimum atomic E-state index is -0.509. The number of piperidine rings is 1. The maximum atomic E-state index is 12.3. The molecule has 1 atom stereocenters. The van der Waals surface area contributed by atoms with Gasteiger partial charge in [0.1, 0.15) is 5.60 Å². The van der Waals surface area contributed by atoms with Gasteiger partial charge in [-0.15, -0.1) is 0 Å². The van der Waals surface area contributed by atoms with E-state index in [2.05, 4.69) is 20.9 Å². The van der Waals surface area contributed by atoms with Crippen LogP contribution in [0.4, 0.5) is 10.7 Å². The Hall–Kier alpha value is -2.73. The highest BCUT2D eigenvalue weighted by atomic mass is 35.5. The number of para-hydroxylation sites is 2. The van der Waals surface area contributed by atoms with Crippen LogP contribution < -0.4 is 10.2 Å². The second-order valence-corrected chi connectivity index (χ2v) is 9.48. The molecule has 0 saturated carbocycles. The minimum Gasteiger partial charge on any atom is -0.444 e. The number of rotatable bonds is 4. The Kier molecular flexibility index (Phi) is 6.10. The van der Waals surface area contributed by atoms with Crippen molar-refractivity contribution in [2.24, 2.45) is 0 Å². The summed E-state index contributed by atoms with van der Waals surface area (Å²) in [5, 5.41) is 3.76. The van der Waals surface area contributed by atoms with Crippen LogP contribution in [0.3, 0.4) is 0 Å². The molecule has 31 heavy (non-hydrogen) atoms. The number of carbonyl (C=O) groups is 1. The Morgan fingerprint density at radius 2 is 1.94 bits per heavy atom. The second-order valence-electron chi connectivity index (χ2n) is 9.04. The summed E-state index contributed by atoms with van der Waals surface area (Å²) in [5.41, 5.74) is 2.71. The Balaban J connectivity index is 1.58. The molecule has 3 aromatic rings. The SMILES string of the molecule is CC(C)(C)OC(=O)N[C@H]1CCCN(c2nc3ccccc3n2Cc2ccc(Cl)cc2)C1. The Bertz CT molecular complexity index is 1060. The first kappa shape index (κ1) is 21.5. The third-order valence-corrected chi connectivity index (χ3v) is 5.57. The summed E-state index contributed by atoms with van der Waals surface area (Å²) in [4.78, 5) is 19.5. The normalized spacial score (nSPS) is 17.0. The van der Waals surface area contributed by atoms with Crippen LogP contribution >= 0.6 is 11.6 Å². The van der Waals surface area contributed by atoms with E-state index in [1.54, 1.807) is 0 Å². The third-order valence-electron chi connectivity index (χ3n) is 5.31. The van der Waals surface area contributed by atoms with Gasteiger partial charge in [-0.3, -0.25) is 0 Å². The topological polar surface area (TPSA) is 59.4 Å². The van der Waals surface area contributed by atoms with Gasteiger partial charge in [-0.05, 0) is 63.4 Å². The number of halogens is 1. The fourth-order valence-electron chi connectivity index (χ4n) is 3.98. The summed E-state index contributed by atoms with van der Waals surface area (Å²) >= 11 is 6.07. The van der Waals surface area contributed by atoms with Crippen LogP contribution in [-0.4, -0.2) is 40.4 Å². The smallest absolute Gasteiger partial charge is 0.407 e. The zero-order valence-corrected chi connectivity index (χ0v) is 19.0. The summed E-state index contributed by atoms with van der Waals surface area (Å²) in [6.45, 7) is 7.92. The average Bonchev–Trinajstić information content (AvgIpc) is 3.07. The molecule has 1 aliphatic rings. The molecule has 1 N–H and O–H groups in total. The zero-order valence-electron chi connectivity index (χ0n) is 18.3. The molecule has 0 unspecified atom stereocenters. The summed E-state index contributed by atoms with van der Waals surface area (Å²) in [6.07, 6.45) is 1.53. The molecule has 2 aromatic carbocycles. The van der Waals surface area contributed by atoms with Crippen LogP contribution in [0.5, 0.6) is 0 Å². The second kappa shape index (κ2) is 8.79. The summed E-state index contributed by atoms with van der Waals surface area (Å²) in [5.74, 6) is 0.923. The van der Waals surface area contributed by atoms with E-state index >= 15 is 0 Å². The maximum Gasteiger partial charge on any atom is 0.407 e. The van der Waals surface area contributed by atoms with E-state index in [1.807, 2.05) is 63.2 Å². The van der Waals surface area contributed by atoms with Gasteiger partial charge >= 0.3 is 6.09 Å². The first-order chi connectivity index (χ1) is 14.8. The van der Waals surface area contributed by atoms with Crippen molar-refractivity contribution in [3.63, 3.8) is 0 Å². The van der Waals surface area contributed by atoms with Crippen molar-refractivity contribution >= 4 is 34.7 Å². The molecule has 1 fully saturated rings. The molecule has 0 radical (unpaired) electrons. The zero-order chi connectivity index (χ0) is 22.0. The van der Waals surface area contributed by atoms with E-state index in [0.29, 0.717) is 13.1 Å². The van der Waals surface area contributed by atoms with E-state index in [-0.39, 0.29) is 12.1 Å². The first-order valence-electron chi connectivity index (χ1n) is 10.7. The third kappa shape index (κ3) is 5.31. The molecule has 0 spiro atoms. The van der Waals surface area contributed by atoms with Gasteiger partial charge < -0.3 is 19.5 Å². The van der Waals surface area contributed by atoms with Gasteiger partial charge in [0, 0.05) is 24.2 Å². The largest absolute Gasteiger partial charge is 0.444 e. The van der Waals surface area contributed by atoms with Crippen molar-refractivity contribution in [1.29, 1.82) is 0 Å². The van der Waals surface area contributed by atoms with Gasteiger partial charge in [-0.25, -0.2) is 9.78 Å². The van der Waals surface area contributed by atoms with Crippen molar-refractivity contribution in [2.45, 2.75) is 51.8 Å². The highest BCUT2D eigenvalue weighted by molar-refractivity contribution is 6.30. The van der Waals surface area contributed by atoms with Crippen molar-refractivity contribution < 1.29 is 9.53 Å². The molecule has 1 aromatic heterocycles. The van der Waals surface area contributed by atoms with Crippen LogP contribution in [0.25, 0.3) is 11.0 Å². The molecule has 1 aliphatic heterocycles. The quantitative estimate of drug-likeness (QED) is 0.603. The molecule has 0 bridgehead atoms.